The van der Waals surface area contributed by atoms with Gasteiger partial charge >= 0.3 is 6.09 Å². The van der Waals surface area contributed by atoms with Gasteiger partial charge in [-0.1, -0.05) is 70.2 Å². The van der Waals surface area contributed by atoms with Crippen LogP contribution >= 0.6 is 0 Å². The van der Waals surface area contributed by atoms with Gasteiger partial charge in [0, 0.05) is 43.2 Å². The number of nitrogens with one attached hydrogen (secondary N) is 3. The van der Waals surface area contributed by atoms with E-state index in [2.05, 4.69) is 42.9 Å². The van der Waals surface area contributed by atoms with Crippen molar-refractivity contribution in [1.82, 2.24) is 15.1 Å². The molecule has 0 aliphatic carbocycles. The van der Waals surface area contributed by atoms with E-state index in [1.165, 1.54) is 14.2 Å². The van der Waals surface area contributed by atoms with Crippen LogP contribution in [-0.4, -0.2) is 97.4 Å². The molecule has 0 unspecified atom stereocenters. The summed E-state index contributed by atoms with van der Waals surface area (Å²) < 4.78 is 4.71. The SMILES string of the molecule is COOC=N[C@@H](C(=O)N1CCC[C@H]1C(=O)Nc1ccc(CN(Cc2ccc(NC(=O)[C@@H]3CCCN3C(=O)[C@H](NC(=O)OC)C(C)C)cc2)c2ccccc2)cc1)C(C)C. The summed E-state index contributed by atoms with van der Waals surface area (Å²) in [5.74, 6) is -1.34. The van der Waals surface area contributed by atoms with E-state index in [0.29, 0.717) is 56.8 Å². The van der Waals surface area contributed by atoms with Crippen molar-refractivity contribution in [2.45, 2.75) is 90.6 Å². The van der Waals surface area contributed by atoms with Crippen LogP contribution in [0.4, 0.5) is 21.9 Å². The number of aliphatic imine (C=N–C) groups is 1. The van der Waals surface area contributed by atoms with E-state index in [1.54, 1.807) is 9.80 Å². The van der Waals surface area contributed by atoms with E-state index in [0.717, 1.165) is 29.6 Å². The summed E-state index contributed by atoms with van der Waals surface area (Å²) in [4.78, 5) is 84.7. The summed E-state index contributed by atoms with van der Waals surface area (Å²) in [6.07, 6.45) is 2.92. The number of anilines is 3. The topological polar surface area (TPSA) is 171 Å². The fraction of sp³-hybridized carbons (Fsp3) is 0.455. The molecule has 2 heterocycles. The Balaban J connectivity index is 1.20. The quantitative estimate of drug-likeness (QED) is 0.0664. The van der Waals surface area contributed by atoms with Crippen molar-refractivity contribution in [3.63, 3.8) is 0 Å². The van der Waals surface area contributed by atoms with Crippen LogP contribution in [0.5, 0.6) is 0 Å². The molecule has 2 saturated heterocycles. The zero-order chi connectivity index (χ0) is 42.5. The summed E-state index contributed by atoms with van der Waals surface area (Å²) in [5.41, 5.74) is 4.33. The maximum Gasteiger partial charge on any atom is 0.407 e. The van der Waals surface area contributed by atoms with Crippen molar-refractivity contribution in [3.8, 4) is 0 Å². The number of methoxy groups -OCH3 is 1. The van der Waals surface area contributed by atoms with Gasteiger partial charge in [-0.05, 0) is 85.0 Å². The Bertz CT molecular complexity index is 1910. The number of hydrogen-bond acceptors (Lipinski definition) is 10. The lowest BCUT2D eigenvalue weighted by Gasteiger charge is -2.30. The first-order valence-electron chi connectivity index (χ1n) is 20.2. The predicted octanol–water partition coefficient (Wildman–Crippen LogP) is 5.76. The van der Waals surface area contributed by atoms with Crippen molar-refractivity contribution in [2.75, 3.05) is 42.8 Å². The van der Waals surface area contributed by atoms with Gasteiger partial charge in [-0.15, -0.1) is 0 Å². The lowest BCUT2D eigenvalue weighted by molar-refractivity contribution is -0.188. The summed E-state index contributed by atoms with van der Waals surface area (Å²) >= 11 is 0. The van der Waals surface area contributed by atoms with Gasteiger partial charge in [0.15, 0.2) is 0 Å². The van der Waals surface area contributed by atoms with E-state index < -0.39 is 30.3 Å². The molecule has 0 saturated carbocycles. The Morgan fingerprint density at radius 2 is 1.24 bits per heavy atom. The molecule has 4 atom stereocenters. The number of ether oxygens (including phenoxy) is 1. The van der Waals surface area contributed by atoms with Crippen LogP contribution in [0.1, 0.15) is 64.5 Å². The van der Waals surface area contributed by atoms with Gasteiger partial charge in [0.25, 0.3) is 0 Å². The Kier molecular flexibility index (Phi) is 15.8. The van der Waals surface area contributed by atoms with E-state index in [1.807, 2.05) is 94.4 Å². The third-order valence-electron chi connectivity index (χ3n) is 10.6. The summed E-state index contributed by atoms with van der Waals surface area (Å²) in [6, 6.07) is 22.7. The van der Waals surface area contributed by atoms with Crippen molar-refractivity contribution in [3.05, 3.63) is 90.0 Å². The highest BCUT2D eigenvalue weighted by molar-refractivity contribution is 5.99. The fourth-order valence-electron chi connectivity index (χ4n) is 7.46. The molecule has 3 aromatic carbocycles. The highest BCUT2D eigenvalue weighted by Gasteiger charge is 2.40. The summed E-state index contributed by atoms with van der Waals surface area (Å²) in [6.45, 7) is 9.53. The first kappa shape index (κ1) is 44.1. The summed E-state index contributed by atoms with van der Waals surface area (Å²) in [7, 11) is 2.60. The average Bonchev–Trinajstić information content (AvgIpc) is 3.94. The number of rotatable bonds is 17. The second kappa shape index (κ2) is 21.2. The number of hydrogen-bond donors (Lipinski definition) is 3. The predicted molar refractivity (Wildman–Crippen MR) is 225 cm³/mol. The molecular formula is C44H57N7O8. The molecule has 0 bridgehead atoms. The minimum Gasteiger partial charge on any atom is -0.453 e. The Morgan fingerprint density at radius 3 is 1.69 bits per heavy atom. The largest absolute Gasteiger partial charge is 0.453 e. The molecule has 15 nitrogen and oxygen atoms in total. The number of alkyl carbamates (subject to hydrolysis) is 1. The number of carbonyl (C=O) groups is 5. The molecular weight excluding hydrogens is 755 g/mol. The third-order valence-corrected chi connectivity index (χ3v) is 10.6. The lowest BCUT2D eigenvalue weighted by Crippen LogP contribution is -2.54. The van der Waals surface area contributed by atoms with Crippen LogP contribution in [-0.2, 0) is 46.8 Å². The zero-order valence-electron chi connectivity index (χ0n) is 34.8. The maximum absolute atomic E-state index is 13.5. The van der Waals surface area contributed by atoms with Crippen LogP contribution in [0.15, 0.2) is 83.9 Å². The number of nitrogens with zero attached hydrogens (tertiary/aromatic N) is 4. The minimum absolute atomic E-state index is 0.102. The minimum atomic E-state index is -0.805. The molecule has 0 aromatic heterocycles. The number of amides is 5. The van der Waals surface area contributed by atoms with Gasteiger partial charge in [0.1, 0.15) is 24.2 Å². The van der Waals surface area contributed by atoms with Gasteiger partial charge in [0.2, 0.25) is 30.0 Å². The zero-order valence-corrected chi connectivity index (χ0v) is 34.8. The monoisotopic (exact) mass is 811 g/mol. The molecule has 2 aliphatic rings. The number of benzene rings is 3. The van der Waals surface area contributed by atoms with E-state index >= 15 is 0 Å². The Hall–Kier alpha value is -5.96. The molecule has 59 heavy (non-hydrogen) atoms. The standard InChI is InChI=1S/C44H57N7O8/c1-29(2)38(45-28-59-58-6)42(54)50-24-10-14-36(50)40(52)46-33-20-16-31(17-21-33)26-49(35-12-8-7-9-13-35)27-32-18-22-34(23-19-32)47-41(53)37-15-11-25-51(37)43(55)39(30(3)4)48-44(56)57-5/h7-9,12-13,16-23,28-30,36-39H,10-11,14-15,24-27H2,1-6H3,(H,46,52)(H,47,53)(H,48,56)/t36-,37-,38+,39+/m0/s1. The van der Waals surface area contributed by atoms with Gasteiger partial charge in [-0.25, -0.2) is 9.79 Å². The average molecular weight is 812 g/mol. The first-order chi connectivity index (χ1) is 28.4. The van der Waals surface area contributed by atoms with Crippen molar-refractivity contribution in [2.24, 2.45) is 16.8 Å². The van der Waals surface area contributed by atoms with Gasteiger partial charge in [-0.2, -0.15) is 4.89 Å². The molecule has 0 spiro atoms. The van der Waals surface area contributed by atoms with E-state index in [-0.39, 0.29) is 35.5 Å². The molecule has 5 amide bonds. The molecule has 3 N–H and O–H groups in total. The third kappa shape index (κ3) is 11.8. The van der Waals surface area contributed by atoms with Crippen LogP contribution < -0.4 is 20.9 Å². The highest BCUT2D eigenvalue weighted by Crippen LogP contribution is 2.26. The normalized spacial score (nSPS) is 17.5. The lowest BCUT2D eigenvalue weighted by atomic mass is 10.0. The van der Waals surface area contributed by atoms with E-state index in [9.17, 15) is 24.0 Å². The van der Waals surface area contributed by atoms with E-state index in [4.69, 9.17) is 9.62 Å². The van der Waals surface area contributed by atoms with Crippen LogP contribution in [0.25, 0.3) is 0 Å². The highest BCUT2D eigenvalue weighted by atomic mass is 17.2. The van der Waals surface area contributed by atoms with Crippen molar-refractivity contribution in [1.29, 1.82) is 0 Å². The van der Waals surface area contributed by atoms with Crippen molar-refractivity contribution >= 4 is 53.2 Å². The number of carbonyl (C=O) groups excluding carboxylic acids is 5. The van der Waals surface area contributed by atoms with Crippen molar-refractivity contribution < 1.29 is 38.5 Å². The molecule has 2 fully saturated rings. The Labute approximate surface area is 346 Å². The summed E-state index contributed by atoms with van der Waals surface area (Å²) in [5, 5.41) is 8.60. The number of likely N-dealkylation sites (tertiary alicyclic amines) is 2. The maximum atomic E-state index is 13.5. The van der Waals surface area contributed by atoms with Crippen LogP contribution in [0.3, 0.4) is 0 Å². The second-order valence-corrected chi connectivity index (χ2v) is 15.5. The Morgan fingerprint density at radius 1 is 0.729 bits per heavy atom. The second-order valence-electron chi connectivity index (χ2n) is 15.5. The number of para-hydroxylation sites is 1. The fourth-order valence-corrected chi connectivity index (χ4v) is 7.46. The van der Waals surface area contributed by atoms with Crippen LogP contribution in [0.2, 0.25) is 0 Å². The molecule has 0 radical (unpaired) electrons. The molecule has 2 aliphatic heterocycles. The first-order valence-corrected chi connectivity index (χ1v) is 20.2. The molecule has 5 rings (SSSR count). The van der Waals surface area contributed by atoms with Gasteiger partial charge in [0.05, 0.1) is 14.2 Å². The molecule has 316 valence electrons. The molecule has 15 heteroatoms. The van der Waals surface area contributed by atoms with Gasteiger partial charge < -0.3 is 40.3 Å². The molecule has 3 aromatic rings. The van der Waals surface area contributed by atoms with Crippen LogP contribution in [0, 0.1) is 11.8 Å². The smallest absolute Gasteiger partial charge is 0.407 e. The van der Waals surface area contributed by atoms with Gasteiger partial charge in [-0.3, -0.25) is 19.2 Å².